The second-order valence-corrected chi connectivity index (χ2v) is 7.10. The van der Waals surface area contributed by atoms with E-state index >= 15 is 0 Å². The van der Waals surface area contributed by atoms with Gasteiger partial charge >= 0.3 is 5.97 Å². The number of halogens is 1. The summed E-state index contributed by atoms with van der Waals surface area (Å²) in [4.78, 5) is 11.8. The molecule has 0 fully saturated rings. The van der Waals surface area contributed by atoms with Gasteiger partial charge in [0.1, 0.15) is 0 Å². The Morgan fingerprint density at radius 2 is 1.56 bits per heavy atom. The predicted molar refractivity (Wildman–Crippen MR) is 137 cm³/mol. The highest BCUT2D eigenvalue weighted by atomic mass is 35.5. The zero-order chi connectivity index (χ0) is 23.7. The van der Waals surface area contributed by atoms with E-state index in [1.807, 2.05) is 79.7 Å². The Balaban J connectivity index is 0.000000860. The number of aryl methyl sites for hydroxylation is 1. The predicted octanol–water partition coefficient (Wildman–Crippen LogP) is 6.31. The number of hydrogen-bond donors (Lipinski definition) is 5. The van der Waals surface area contributed by atoms with Crippen LogP contribution in [0.15, 0.2) is 78.9 Å². The summed E-state index contributed by atoms with van der Waals surface area (Å²) in [5.74, 6) is -0.951. The van der Waals surface area contributed by atoms with Crippen molar-refractivity contribution in [2.45, 2.75) is 6.92 Å². The van der Waals surface area contributed by atoms with Crippen LogP contribution in [-0.4, -0.2) is 23.3 Å². The molecule has 0 saturated heterocycles. The van der Waals surface area contributed by atoms with Crippen molar-refractivity contribution >= 4 is 52.5 Å². The average Bonchev–Trinajstić information content (AvgIpc) is 2.83. The van der Waals surface area contributed by atoms with Crippen molar-refractivity contribution in [1.82, 2.24) is 0 Å². The number of aliphatic hydroxyl groups is 1. The van der Waals surface area contributed by atoms with Gasteiger partial charge in [0.05, 0.1) is 10.6 Å². The molecular weight excluding hydrogens is 444 g/mol. The van der Waals surface area contributed by atoms with E-state index in [4.69, 9.17) is 16.7 Å². The fourth-order valence-corrected chi connectivity index (χ4v) is 3.63. The summed E-state index contributed by atoms with van der Waals surface area (Å²) >= 11 is 9.63. The third kappa shape index (κ3) is 5.81. The molecule has 0 bridgehead atoms. The zero-order valence-electron chi connectivity index (χ0n) is 17.7. The number of nitrogens with one attached hydrogen (secondary N) is 1. The summed E-state index contributed by atoms with van der Waals surface area (Å²) in [6.07, 6.45) is 0. The lowest BCUT2D eigenvalue weighted by Crippen LogP contribution is -1.99. The first-order chi connectivity index (χ1) is 15.5. The standard InChI is InChI=1S/C24H18ClNO2.CH4O.H3NS/c1-15-11-20(22(25)14-23(15)26-18-8-3-2-4-9-18)17-12-16-7-5-6-10-19(16)21(13-17)24(27)28;2*1-2/h2-14,26H,1H3,(H,27,28);2H,1H3;2H,1H2. The Kier molecular flexibility index (Phi) is 9.56. The van der Waals surface area contributed by atoms with E-state index in [0.29, 0.717) is 10.4 Å². The highest BCUT2D eigenvalue weighted by Crippen LogP contribution is 2.36. The van der Waals surface area contributed by atoms with Gasteiger partial charge in [-0.2, -0.15) is 0 Å². The second kappa shape index (κ2) is 12.1. The summed E-state index contributed by atoms with van der Waals surface area (Å²) in [5, 5.41) is 26.4. The summed E-state index contributed by atoms with van der Waals surface area (Å²) in [6.45, 7) is 2.00. The molecule has 4 rings (SSSR count). The number of aliphatic hydroxyl groups excluding tert-OH is 1. The van der Waals surface area contributed by atoms with E-state index in [0.717, 1.165) is 40.6 Å². The molecule has 0 heterocycles. The highest BCUT2D eigenvalue weighted by Gasteiger charge is 2.14. The first-order valence-corrected chi connectivity index (χ1v) is 10.5. The van der Waals surface area contributed by atoms with Gasteiger partial charge in [0.15, 0.2) is 0 Å². The lowest BCUT2D eigenvalue weighted by Gasteiger charge is -2.14. The lowest BCUT2D eigenvalue weighted by molar-refractivity contribution is 0.0699. The summed E-state index contributed by atoms with van der Waals surface area (Å²) in [7, 11) is 1.00. The van der Waals surface area contributed by atoms with E-state index in [9.17, 15) is 9.90 Å². The number of benzene rings is 4. The van der Waals surface area contributed by atoms with Crippen molar-refractivity contribution in [3.05, 3.63) is 95.0 Å². The molecule has 0 saturated carbocycles. The Bertz CT molecular complexity index is 1200. The maximum Gasteiger partial charge on any atom is 0.336 e. The molecule has 0 spiro atoms. The van der Waals surface area contributed by atoms with Crippen molar-refractivity contribution in [1.29, 1.82) is 0 Å². The minimum Gasteiger partial charge on any atom is -0.478 e. The van der Waals surface area contributed by atoms with Crippen LogP contribution in [-0.2, 0) is 0 Å². The molecule has 0 atom stereocenters. The van der Waals surface area contributed by atoms with Crippen LogP contribution in [0.3, 0.4) is 0 Å². The number of carboxylic acids is 1. The third-order valence-corrected chi connectivity index (χ3v) is 5.08. The van der Waals surface area contributed by atoms with Crippen molar-refractivity contribution in [3.8, 4) is 11.1 Å². The fourth-order valence-electron chi connectivity index (χ4n) is 3.36. The van der Waals surface area contributed by atoms with Crippen LogP contribution in [0.1, 0.15) is 15.9 Å². The van der Waals surface area contributed by atoms with Crippen LogP contribution in [0.25, 0.3) is 21.9 Å². The van der Waals surface area contributed by atoms with Crippen LogP contribution < -0.4 is 10.5 Å². The number of anilines is 2. The topological polar surface area (TPSA) is 95.6 Å². The molecule has 4 aromatic carbocycles. The van der Waals surface area contributed by atoms with Crippen molar-refractivity contribution < 1.29 is 15.0 Å². The lowest BCUT2D eigenvalue weighted by atomic mass is 9.95. The number of rotatable bonds is 4. The third-order valence-electron chi connectivity index (χ3n) is 4.77. The minimum atomic E-state index is -0.951. The fraction of sp³-hybridized carbons (Fsp3) is 0.0800. The molecule has 0 aliphatic heterocycles. The Morgan fingerprint density at radius 3 is 2.22 bits per heavy atom. The number of fused-ring (bicyclic) bond motifs is 1. The summed E-state index contributed by atoms with van der Waals surface area (Å²) < 4.78 is 0. The summed E-state index contributed by atoms with van der Waals surface area (Å²) in [6, 6.07) is 24.9. The van der Waals surface area contributed by atoms with Gasteiger partial charge in [-0.25, -0.2) is 4.79 Å². The van der Waals surface area contributed by atoms with Crippen LogP contribution >= 0.6 is 24.4 Å². The zero-order valence-corrected chi connectivity index (χ0v) is 19.4. The Labute approximate surface area is 198 Å². The van der Waals surface area contributed by atoms with Crippen LogP contribution in [0.5, 0.6) is 0 Å². The van der Waals surface area contributed by atoms with Crippen molar-refractivity contribution in [2.75, 3.05) is 12.4 Å². The maximum absolute atomic E-state index is 11.8. The van der Waals surface area contributed by atoms with E-state index < -0.39 is 5.97 Å². The molecule has 32 heavy (non-hydrogen) atoms. The molecule has 7 heteroatoms. The molecule has 0 amide bonds. The normalized spacial score (nSPS) is 9.81. The van der Waals surface area contributed by atoms with Gasteiger partial charge in [-0.05, 0) is 65.2 Å². The van der Waals surface area contributed by atoms with E-state index in [2.05, 4.69) is 23.3 Å². The smallest absolute Gasteiger partial charge is 0.336 e. The van der Waals surface area contributed by atoms with Crippen molar-refractivity contribution in [3.63, 3.8) is 0 Å². The van der Waals surface area contributed by atoms with Gasteiger partial charge in [0.2, 0.25) is 0 Å². The quantitative estimate of drug-likeness (QED) is 0.226. The van der Waals surface area contributed by atoms with Gasteiger partial charge in [-0.1, -0.05) is 54.1 Å². The number of para-hydroxylation sites is 1. The molecule has 5 N–H and O–H groups in total. The number of aromatic carboxylic acids is 1. The first-order valence-electron chi connectivity index (χ1n) is 9.62. The van der Waals surface area contributed by atoms with Crippen LogP contribution in [0, 0.1) is 6.92 Å². The average molecular weight is 469 g/mol. The molecular formula is C25H25ClN2O3S. The van der Waals surface area contributed by atoms with E-state index in [-0.39, 0.29) is 5.56 Å². The first kappa shape index (κ1) is 25.2. The number of carbonyl (C=O) groups is 1. The largest absolute Gasteiger partial charge is 0.478 e. The number of thiol groups is 1. The van der Waals surface area contributed by atoms with Gasteiger partial charge in [-0.15, -0.1) is 12.8 Å². The molecule has 0 aliphatic carbocycles. The Morgan fingerprint density at radius 1 is 0.938 bits per heavy atom. The highest BCUT2D eigenvalue weighted by molar-refractivity contribution is 7.77. The van der Waals surface area contributed by atoms with Gasteiger partial charge in [0.25, 0.3) is 0 Å². The van der Waals surface area contributed by atoms with E-state index in [1.165, 1.54) is 0 Å². The monoisotopic (exact) mass is 468 g/mol. The molecule has 0 unspecified atom stereocenters. The number of carboxylic acid groups (broad SMARTS) is 1. The molecule has 0 aliphatic rings. The molecule has 0 aromatic heterocycles. The van der Waals surface area contributed by atoms with Crippen LogP contribution in [0.2, 0.25) is 5.02 Å². The minimum absolute atomic E-state index is 0.272. The maximum atomic E-state index is 11.8. The summed E-state index contributed by atoms with van der Waals surface area (Å²) in [5.41, 5.74) is 4.79. The molecule has 5 nitrogen and oxygen atoms in total. The van der Waals surface area contributed by atoms with Gasteiger partial charge in [0, 0.05) is 24.0 Å². The van der Waals surface area contributed by atoms with E-state index in [1.54, 1.807) is 6.07 Å². The second-order valence-electron chi connectivity index (χ2n) is 6.69. The van der Waals surface area contributed by atoms with Crippen LogP contribution in [0.4, 0.5) is 11.4 Å². The van der Waals surface area contributed by atoms with Crippen molar-refractivity contribution in [2.24, 2.45) is 5.14 Å². The van der Waals surface area contributed by atoms with Gasteiger partial charge in [-0.3, -0.25) is 5.14 Å². The molecule has 0 radical (unpaired) electrons. The molecule has 4 aromatic rings. The SMILES string of the molecule is CO.Cc1cc(-c2cc(C(=O)O)c3ccccc3c2)c(Cl)cc1Nc1ccccc1.NS. The van der Waals surface area contributed by atoms with Gasteiger partial charge < -0.3 is 15.5 Å². The number of nitrogens with two attached hydrogens (primary N) is 1. The number of hydrogen-bond acceptors (Lipinski definition) is 5. The Hall–Kier alpha value is -3.03. The molecule has 166 valence electrons.